The first-order valence-corrected chi connectivity index (χ1v) is 9.23. The van der Waals surface area contributed by atoms with Crippen LogP contribution in [0.3, 0.4) is 0 Å². The van der Waals surface area contributed by atoms with Crippen molar-refractivity contribution in [2.45, 2.75) is 32.9 Å². The van der Waals surface area contributed by atoms with Gasteiger partial charge >= 0.3 is 12.1 Å². The average molecular weight is 406 g/mol. The Kier molecular flexibility index (Phi) is 7.69. The van der Waals surface area contributed by atoms with E-state index in [1.807, 2.05) is 18.7 Å². The van der Waals surface area contributed by atoms with Crippen molar-refractivity contribution in [1.82, 2.24) is 9.97 Å². The SMILES string of the molecule is [CH2]CCC=Nc1nc(N(CC)CC)ncc1N(C(=O)C(F)(F)F)c1ccccc1. The number of para-hydroxylation sites is 1. The Morgan fingerprint density at radius 1 is 1.21 bits per heavy atom. The molecule has 2 rings (SSSR count). The standard InChI is InChI=1S/C20H23F3N5O/c1-4-7-13-24-17-16(14-25-19(26-17)27(5-2)6-3)28(18(29)20(21,22)23)15-11-9-8-10-12-15/h8-14H,1,4-7H2,2-3H3. The second-order valence-electron chi connectivity index (χ2n) is 5.98. The zero-order valence-corrected chi connectivity index (χ0v) is 16.4. The third-order valence-corrected chi connectivity index (χ3v) is 4.03. The molecule has 2 aromatic rings. The van der Waals surface area contributed by atoms with Crippen molar-refractivity contribution in [2.24, 2.45) is 4.99 Å². The van der Waals surface area contributed by atoms with Gasteiger partial charge in [-0.1, -0.05) is 25.1 Å². The maximum Gasteiger partial charge on any atom is 0.472 e. The lowest BCUT2D eigenvalue weighted by molar-refractivity contribution is -0.169. The van der Waals surface area contributed by atoms with Crippen molar-refractivity contribution in [3.63, 3.8) is 0 Å². The summed E-state index contributed by atoms with van der Waals surface area (Å²) in [5.41, 5.74) is -0.0997. The van der Waals surface area contributed by atoms with E-state index in [0.717, 1.165) is 0 Å². The fourth-order valence-corrected chi connectivity index (χ4v) is 2.58. The first-order chi connectivity index (χ1) is 13.8. The van der Waals surface area contributed by atoms with Crippen LogP contribution in [0.15, 0.2) is 41.5 Å². The minimum Gasteiger partial charge on any atom is -0.341 e. The van der Waals surface area contributed by atoms with Gasteiger partial charge in [-0.3, -0.25) is 9.69 Å². The van der Waals surface area contributed by atoms with E-state index in [1.54, 1.807) is 18.2 Å². The Hall–Kier alpha value is -2.97. The Balaban J connectivity index is 2.66. The summed E-state index contributed by atoms with van der Waals surface area (Å²) < 4.78 is 40.0. The molecule has 1 aromatic heterocycles. The second kappa shape index (κ2) is 9.99. The van der Waals surface area contributed by atoms with Crippen LogP contribution in [0.2, 0.25) is 0 Å². The van der Waals surface area contributed by atoms with Crippen LogP contribution in [0, 0.1) is 6.92 Å². The van der Waals surface area contributed by atoms with Gasteiger partial charge in [0.1, 0.15) is 5.69 Å². The van der Waals surface area contributed by atoms with Crippen LogP contribution in [0.4, 0.5) is 36.3 Å². The Morgan fingerprint density at radius 3 is 2.41 bits per heavy atom. The monoisotopic (exact) mass is 406 g/mol. The van der Waals surface area contributed by atoms with Crippen molar-refractivity contribution in [3.05, 3.63) is 43.5 Å². The van der Waals surface area contributed by atoms with Gasteiger partial charge in [0, 0.05) is 25.0 Å². The van der Waals surface area contributed by atoms with E-state index < -0.39 is 12.1 Å². The molecular formula is C20H23F3N5O. The fourth-order valence-electron chi connectivity index (χ4n) is 2.58. The minimum absolute atomic E-state index is 0.0168. The number of aromatic nitrogens is 2. The van der Waals surface area contributed by atoms with Crippen molar-refractivity contribution in [1.29, 1.82) is 0 Å². The van der Waals surface area contributed by atoms with E-state index >= 15 is 0 Å². The number of alkyl halides is 3. The molecule has 1 heterocycles. The van der Waals surface area contributed by atoms with Crippen molar-refractivity contribution >= 4 is 35.3 Å². The number of anilines is 3. The van der Waals surface area contributed by atoms with Crippen LogP contribution in [0.25, 0.3) is 0 Å². The van der Waals surface area contributed by atoms with E-state index in [0.29, 0.717) is 36.8 Å². The molecule has 0 atom stereocenters. The summed E-state index contributed by atoms with van der Waals surface area (Å²) >= 11 is 0. The average Bonchev–Trinajstić information content (AvgIpc) is 2.70. The second-order valence-corrected chi connectivity index (χ2v) is 5.98. The summed E-state index contributed by atoms with van der Waals surface area (Å²) in [6.07, 6.45) is -1.28. The van der Waals surface area contributed by atoms with Gasteiger partial charge in [0.05, 0.1) is 6.20 Å². The Labute approximate surface area is 168 Å². The summed E-state index contributed by atoms with van der Waals surface area (Å²) in [5.74, 6) is -1.73. The molecule has 0 N–H and O–H groups in total. The number of halogens is 3. The van der Waals surface area contributed by atoms with Gasteiger partial charge in [-0.05, 0) is 38.8 Å². The van der Waals surface area contributed by atoms with Gasteiger partial charge in [-0.25, -0.2) is 9.98 Å². The van der Waals surface area contributed by atoms with Crippen LogP contribution in [-0.2, 0) is 4.79 Å². The molecule has 9 heteroatoms. The highest BCUT2D eigenvalue weighted by Gasteiger charge is 2.44. The first kappa shape index (κ1) is 22.3. The van der Waals surface area contributed by atoms with Gasteiger partial charge in [-0.15, -0.1) is 0 Å². The van der Waals surface area contributed by atoms with Crippen LogP contribution < -0.4 is 9.80 Å². The maximum absolute atomic E-state index is 13.3. The minimum atomic E-state index is -5.08. The lowest BCUT2D eigenvalue weighted by atomic mass is 10.2. The molecular weight excluding hydrogens is 383 g/mol. The summed E-state index contributed by atoms with van der Waals surface area (Å²) in [7, 11) is 0. The predicted octanol–water partition coefficient (Wildman–Crippen LogP) is 4.87. The summed E-state index contributed by atoms with van der Waals surface area (Å²) in [5, 5.41) is 0. The van der Waals surface area contributed by atoms with Gasteiger partial charge in [0.25, 0.3) is 0 Å². The summed E-state index contributed by atoms with van der Waals surface area (Å²) in [4.78, 5) is 27.4. The lowest BCUT2D eigenvalue weighted by Gasteiger charge is -2.25. The molecule has 0 aliphatic heterocycles. The van der Waals surface area contributed by atoms with E-state index in [2.05, 4.69) is 21.9 Å². The van der Waals surface area contributed by atoms with Gasteiger partial charge in [-0.2, -0.15) is 18.2 Å². The van der Waals surface area contributed by atoms with Crippen molar-refractivity contribution in [3.8, 4) is 0 Å². The highest BCUT2D eigenvalue weighted by molar-refractivity contribution is 6.05. The number of hydrogen-bond acceptors (Lipinski definition) is 5. The Morgan fingerprint density at radius 2 is 1.86 bits per heavy atom. The highest BCUT2D eigenvalue weighted by Crippen LogP contribution is 2.36. The number of benzene rings is 1. The molecule has 0 aliphatic carbocycles. The molecule has 0 saturated carbocycles. The number of hydrogen-bond donors (Lipinski definition) is 0. The zero-order valence-electron chi connectivity index (χ0n) is 16.4. The number of amides is 1. The topological polar surface area (TPSA) is 61.7 Å². The van der Waals surface area contributed by atoms with E-state index in [4.69, 9.17) is 0 Å². The Bertz CT molecular complexity index is 836. The predicted molar refractivity (Wildman–Crippen MR) is 108 cm³/mol. The molecule has 1 aromatic carbocycles. The molecule has 155 valence electrons. The van der Waals surface area contributed by atoms with Crippen molar-refractivity contribution in [2.75, 3.05) is 22.9 Å². The molecule has 0 spiro atoms. The number of carbonyl (C=O) groups excluding carboxylic acids is 1. The third kappa shape index (κ3) is 5.52. The van der Waals surface area contributed by atoms with Crippen LogP contribution >= 0.6 is 0 Å². The number of aliphatic imine (C=N–C) groups is 1. The van der Waals surface area contributed by atoms with E-state index in [-0.39, 0.29) is 17.2 Å². The van der Waals surface area contributed by atoms with Crippen LogP contribution in [0.5, 0.6) is 0 Å². The summed E-state index contributed by atoms with van der Waals surface area (Å²) in [6.45, 7) is 8.76. The molecule has 0 saturated heterocycles. The zero-order chi connectivity index (χ0) is 21.4. The largest absolute Gasteiger partial charge is 0.472 e. The maximum atomic E-state index is 13.3. The van der Waals surface area contributed by atoms with Gasteiger partial charge in [0.2, 0.25) is 5.95 Å². The van der Waals surface area contributed by atoms with Gasteiger partial charge < -0.3 is 4.90 Å². The molecule has 0 aliphatic rings. The molecule has 0 unspecified atom stereocenters. The molecule has 6 nitrogen and oxygen atoms in total. The number of carbonyl (C=O) groups is 1. The van der Waals surface area contributed by atoms with Crippen LogP contribution in [-0.4, -0.2) is 41.4 Å². The number of nitrogens with zero attached hydrogens (tertiary/aromatic N) is 5. The molecule has 1 amide bonds. The third-order valence-electron chi connectivity index (χ3n) is 4.03. The highest BCUT2D eigenvalue weighted by atomic mass is 19.4. The van der Waals surface area contributed by atoms with Crippen molar-refractivity contribution < 1.29 is 18.0 Å². The fraction of sp³-hybridized carbons (Fsp3) is 0.350. The first-order valence-electron chi connectivity index (χ1n) is 9.23. The van der Waals surface area contributed by atoms with E-state index in [9.17, 15) is 18.0 Å². The normalized spacial score (nSPS) is 11.7. The van der Waals surface area contributed by atoms with E-state index in [1.165, 1.54) is 24.5 Å². The smallest absolute Gasteiger partial charge is 0.341 e. The number of unbranched alkanes of at least 4 members (excludes halogenated alkanes) is 1. The summed E-state index contributed by atoms with van der Waals surface area (Å²) in [6, 6.07) is 7.55. The molecule has 1 radical (unpaired) electrons. The number of rotatable bonds is 8. The molecule has 0 fully saturated rings. The quantitative estimate of drug-likeness (QED) is 0.587. The van der Waals surface area contributed by atoms with Crippen LogP contribution in [0.1, 0.15) is 26.7 Å². The lowest BCUT2D eigenvalue weighted by Crippen LogP contribution is -2.38. The molecule has 0 bridgehead atoms. The van der Waals surface area contributed by atoms with Gasteiger partial charge in [0.15, 0.2) is 5.82 Å². The molecule has 29 heavy (non-hydrogen) atoms.